The predicted octanol–water partition coefficient (Wildman–Crippen LogP) is 1.19. The Balaban J connectivity index is 1.95. The Morgan fingerprint density at radius 1 is 1.53 bits per heavy atom. The van der Waals surface area contributed by atoms with Crippen molar-refractivity contribution in [3.05, 3.63) is 23.7 Å². The van der Waals surface area contributed by atoms with Crippen molar-refractivity contribution < 1.29 is 19.1 Å². The zero-order chi connectivity index (χ0) is 14.0. The van der Waals surface area contributed by atoms with Crippen molar-refractivity contribution in [2.75, 3.05) is 13.6 Å². The third-order valence-corrected chi connectivity index (χ3v) is 3.61. The van der Waals surface area contributed by atoms with Crippen LogP contribution in [-0.2, 0) is 0 Å². The molecule has 2 unspecified atom stereocenters. The number of rotatable bonds is 3. The minimum absolute atomic E-state index is 0.0121. The van der Waals surface area contributed by atoms with E-state index in [-0.39, 0.29) is 23.3 Å². The molecule has 19 heavy (non-hydrogen) atoms. The van der Waals surface area contributed by atoms with E-state index < -0.39 is 5.97 Å². The molecule has 1 aromatic heterocycles. The number of hydrogen-bond donors (Lipinski definition) is 2. The van der Waals surface area contributed by atoms with Crippen molar-refractivity contribution in [1.82, 2.24) is 10.2 Å². The second kappa shape index (κ2) is 5.44. The van der Waals surface area contributed by atoms with Crippen LogP contribution < -0.4 is 5.32 Å². The maximum atomic E-state index is 11.9. The molecule has 0 aliphatic carbocycles. The number of nitrogens with one attached hydrogen (secondary N) is 1. The Morgan fingerprint density at radius 2 is 2.26 bits per heavy atom. The van der Waals surface area contributed by atoms with Crippen LogP contribution in [0.5, 0.6) is 0 Å². The second-order valence-corrected chi connectivity index (χ2v) is 5.03. The number of carboxylic acid groups (broad SMARTS) is 1. The number of aromatic carboxylic acids is 1. The molecule has 1 fully saturated rings. The van der Waals surface area contributed by atoms with Gasteiger partial charge in [-0.3, -0.25) is 4.79 Å². The van der Waals surface area contributed by atoms with Crippen molar-refractivity contribution in [2.24, 2.45) is 0 Å². The summed E-state index contributed by atoms with van der Waals surface area (Å²) in [6.45, 7) is 3.05. The smallest absolute Gasteiger partial charge is 0.338 e. The van der Waals surface area contributed by atoms with Crippen LogP contribution in [-0.4, -0.2) is 47.6 Å². The normalized spacial score (nSPS) is 24.1. The second-order valence-electron chi connectivity index (χ2n) is 5.03. The first-order chi connectivity index (χ1) is 8.97. The van der Waals surface area contributed by atoms with Gasteiger partial charge in [0, 0.05) is 24.7 Å². The zero-order valence-electron chi connectivity index (χ0n) is 11.0. The molecule has 1 aliphatic heterocycles. The lowest BCUT2D eigenvalue weighted by atomic mass is 9.99. The molecule has 0 bridgehead atoms. The number of carbonyl (C=O) groups excluding carboxylic acids is 1. The van der Waals surface area contributed by atoms with E-state index in [0.717, 1.165) is 25.6 Å². The number of carboxylic acids is 1. The highest BCUT2D eigenvalue weighted by molar-refractivity contribution is 5.95. The van der Waals surface area contributed by atoms with Gasteiger partial charge in [-0.15, -0.1) is 0 Å². The SMILES string of the molecule is CC1CC(NC(=O)c2cc(C(=O)O)co2)CCN1C. The number of likely N-dealkylation sites (tertiary alicyclic amines) is 1. The highest BCUT2D eigenvalue weighted by Gasteiger charge is 2.25. The number of piperidine rings is 1. The van der Waals surface area contributed by atoms with Gasteiger partial charge >= 0.3 is 5.97 Å². The summed E-state index contributed by atoms with van der Waals surface area (Å²) in [5, 5.41) is 11.7. The van der Waals surface area contributed by atoms with Gasteiger partial charge in [-0.25, -0.2) is 4.79 Å². The Hall–Kier alpha value is -1.82. The molecule has 0 aromatic carbocycles. The number of nitrogens with zero attached hydrogens (tertiary/aromatic N) is 1. The topological polar surface area (TPSA) is 82.8 Å². The minimum Gasteiger partial charge on any atom is -0.478 e. The maximum absolute atomic E-state index is 11.9. The summed E-state index contributed by atoms with van der Waals surface area (Å²) in [7, 11) is 2.06. The number of furan rings is 1. The van der Waals surface area contributed by atoms with E-state index in [1.807, 2.05) is 0 Å². The molecule has 1 saturated heterocycles. The van der Waals surface area contributed by atoms with Crippen LogP contribution in [0, 0.1) is 0 Å². The van der Waals surface area contributed by atoms with Crippen molar-refractivity contribution in [3.63, 3.8) is 0 Å². The van der Waals surface area contributed by atoms with Crippen LogP contribution in [0.2, 0.25) is 0 Å². The van der Waals surface area contributed by atoms with E-state index in [0.29, 0.717) is 6.04 Å². The summed E-state index contributed by atoms with van der Waals surface area (Å²) < 4.78 is 4.97. The summed E-state index contributed by atoms with van der Waals surface area (Å²) in [6, 6.07) is 1.78. The molecule has 6 nitrogen and oxygen atoms in total. The standard InChI is InChI=1S/C13H18N2O4/c1-8-5-10(3-4-15(8)2)14-12(16)11-6-9(7-19-11)13(17)18/h6-8,10H,3-5H2,1-2H3,(H,14,16)(H,17,18). The summed E-state index contributed by atoms with van der Waals surface area (Å²) in [5.74, 6) is -1.41. The van der Waals surface area contributed by atoms with Gasteiger partial charge in [0.15, 0.2) is 5.76 Å². The average Bonchev–Trinajstić information content (AvgIpc) is 2.83. The summed E-state index contributed by atoms with van der Waals surface area (Å²) >= 11 is 0. The van der Waals surface area contributed by atoms with Gasteiger partial charge in [-0.2, -0.15) is 0 Å². The molecule has 0 saturated carbocycles. The van der Waals surface area contributed by atoms with Gasteiger partial charge in [-0.1, -0.05) is 0 Å². The summed E-state index contributed by atoms with van der Waals surface area (Å²) in [4.78, 5) is 24.9. The first-order valence-corrected chi connectivity index (χ1v) is 6.30. The van der Waals surface area contributed by atoms with E-state index in [2.05, 4.69) is 24.2 Å². The Morgan fingerprint density at radius 3 is 2.84 bits per heavy atom. The fourth-order valence-electron chi connectivity index (χ4n) is 2.24. The zero-order valence-corrected chi connectivity index (χ0v) is 11.0. The highest BCUT2D eigenvalue weighted by Crippen LogP contribution is 2.16. The monoisotopic (exact) mass is 266 g/mol. The molecule has 2 N–H and O–H groups in total. The van der Waals surface area contributed by atoms with Crippen molar-refractivity contribution in [1.29, 1.82) is 0 Å². The largest absolute Gasteiger partial charge is 0.478 e. The van der Waals surface area contributed by atoms with Crippen LogP contribution in [0.25, 0.3) is 0 Å². The Kier molecular flexibility index (Phi) is 3.90. The molecule has 104 valence electrons. The molecular weight excluding hydrogens is 248 g/mol. The molecule has 0 spiro atoms. The molecule has 2 heterocycles. The lowest BCUT2D eigenvalue weighted by Crippen LogP contribution is -2.47. The molecule has 6 heteroatoms. The van der Waals surface area contributed by atoms with Crippen LogP contribution in [0.4, 0.5) is 0 Å². The molecule has 2 rings (SSSR count). The number of carbonyl (C=O) groups is 2. The predicted molar refractivity (Wildman–Crippen MR) is 68.2 cm³/mol. The molecule has 1 aromatic rings. The molecular formula is C13H18N2O4. The van der Waals surface area contributed by atoms with Crippen molar-refractivity contribution in [2.45, 2.75) is 31.8 Å². The van der Waals surface area contributed by atoms with E-state index in [4.69, 9.17) is 9.52 Å². The van der Waals surface area contributed by atoms with Crippen LogP contribution >= 0.6 is 0 Å². The fraction of sp³-hybridized carbons (Fsp3) is 0.538. The van der Waals surface area contributed by atoms with Crippen molar-refractivity contribution >= 4 is 11.9 Å². The molecule has 1 amide bonds. The lowest BCUT2D eigenvalue weighted by Gasteiger charge is -2.35. The number of hydrogen-bond acceptors (Lipinski definition) is 4. The van der Waals surface area contributed by atoms with E-state index in [1.54, 1.807) is 0 Å². The van der Waals surface area contributed by atoms with Crippen LogP contribution in [0.1, 0.15) is 40.7 Å². The quantitative estimate of drug-likeness (QED) is 0.858. The van der Waals surface area contributed by atoms with E-state index in [1.165, 1.54) is 6.07 Å². The first kappa shape index (κ1) is 13.6. The van der Waals surface area contributed by atoms with Crippen molar-refractivity contribution in [3.8, 4) is 0 Å². The third-order valence-electron chi connectivity index (χ3n) is 3.61. The minimum atomic E-state index is -1.10. The average molecular weight is 266 g/mol. The highest BCUT2D eigenvalue weighted by atomic mass is 16.4. The van der Waals surface area contributed by atoms with Gasteiger partial charge in [0.25, 0.3) is 5.91 Å². The Labute approximate surface area is 111 Å². The Bertz CT molecular complexity index is 483. The maximum Gasteiger partial charge on any atom is 0.338 e. The summed E-state index contributed by atoms with van der Waals surface area (Å²) in [5.41, 5.74) is -0.0121. The number of amides is 1. The van der Waals surface area contributed by atoms with E-state index in [9.17, 15) is 9.59 Å². The first-order valence-electron chi connectivity index (χ1n) is 6.30. The van der Waals surface area contributed by atoms with Crippen LogP contribution in [0.3, 0.4) is 0 Å². The van der Waals surface area contributed by atoms with Gasteiger partial charge in [-0.05, 0) is 26.8 Å². The fourth-order valence-corrected chi connectivity index (χ4v) is 2.24. The third kappa shape index (κ3) is 3.14. The van der Waals surface area contributed by atoms with Crippen LogP contribution in [0.15, 0.2) is 16.7 Å². The molecule has 2 atom stereocenters. The van der Waals surface area contributed by atoms with E-state index >= 15 is 0 Å². The lowest BCUT2D eigenvalue weighted by molar-refractivity contribution is 0.0695. The van der Waals surface area contributed by atoms with Gasteiger partial charge in [0.1, 0.15) is 6.26 Å². The van der Waals surface area contributed by atoms with Gasteiger partial charge in [0.2, 0.25) is 0 Å². The van der Waals surface area contributed by atoms with Gasteiger partial charge < -0.3 is 19.7 Å². The summed E-state index contributed by atoms with van der Waals surface area (Å²) in [6.07, 6.45) is 2.85. The molecule has 0 radical (unpaired) electrons. The van der Waals surface area contributed by atoms with Gasteiger partial charge in [0.05, 0.1) is 5.56 Å². The molecule has 1 aliphatic rings.